The molecule has 6 nitrogen and oxygen atoms in total. The smallest absolute Gasteiger partial charge is 0.379 e. The van der Waals surface area contributed by atoms with Gasteiger partial charge in [-0.25, -0.2) is 0 Å². The maximum Gasteiger partial charge on any atom is 0.401 e. The SMILES string of the molecule is CN=C(NCCN(C)CC(F)(F)F)NCC1(CN2CCOCC2)CCCCC1.I. The molecule has 2 fully saturated rings. The zero-order valence-corrected chi connectivity index (χ0v) is 20.0. The molecule has 0 amide bonds. The molecule has 0 spiro atoms. The van der Waals surface area contributed by atoms with Crippen molar-refractivity contribution in [2.24, 2.45) is 10.4 Å². The topological polar surface area (TPSA) is 52.1 Å². The molecular formula is C19H37F3IN5O. The standard InChI is InChI=1S/C19H36F3N5O.HI/c1-23-17(24-8-9-26(2)16-19(20,21)22)25-14-18(6-4-3-5-7-18)15-27-10-12-28-13-11-27;/h3-16H2,1-2H3,(H2,23,24,25);1H. The monoisotopic (exact) mass is 535 g/mol. The summed E-state index contributed by atoms with van der Waals surface area (Å²) in [5.74, 6) is 0.660. The number of morpholine rings is 1. The van der Waals surface area contributed by atoms with E-state index in [1.165, 1.54) is 44.1 Å². The van der Waals surface area contributed by atoms with Crippen LogP contribution in [0, 0.1) is 5.41 Å². The molecule has 0 atom stereocenters. The second kappa shape index (κ2) is 13.2. The number of alkyl halides is 3. The van der Waals surface area contributed by atoms with Crippen LogP contribution in [0.1, 0.15) is 32.1 Å². The van der Waals surface area contributed by atoms with E-state index in [1.54, 1.807) is 7.05 Å². The van der Waals surface area contributed by atoms with E-state index in [0.717, 1.165) is 39.4 Å². The van der Waals surface area contributed by atoms with Crippen LogP contribution in [-0.4, -0.2) is 95.1 Å². The van der Waals surface area contributed by atoms with Gasteiger partial charge in [-0.2, -0.15) is 13.2 Å². The number of nitrogens with zero attached hydrogens (tertiary/aromatic N) is 3. The molecule has 29 heavy (non-hydrogen) atoms. The first-order valence-corrected chi connectivity index (χ1v) is 10.3. The van der Waals surface area contributed by atoms with Crippen LogP contribution in [0.15, 0.2) is 4.99 Å². The zero-order valence-electron chi connectivity index (χ0n) is 17.7. The summed E-state index contributed by atoms with van der Waals surface area (Å²) in [4.78, 5) is 8.01. The predicted octanol–water partition coefficient (Wildman–Crippen LogP) is 2.55. The number of guanidine groups is 1. The van der Waals surface area contributed by atoms with Crippen LogP contribution >= 0.6 is 24.0 Å². The van der Waals surface area contributed by atoms with Crippen LogP contribution in [0.3, 0.4) is 0 Å². The van der Waals surface area contributed by atoms with E-state index in [1.807, 2.05) is 0 Å². The van der Waals surface area contributed by atoms with Crippen molar-refractivity contribution in [2.45, 2.75) is 38.3 Å². The summed E-state index contributed by atoms with van der Waals surface area (Å²) < 4.78 is 42.7. The lowest BCUT2D eigenvalue weighted by Gasteiger charge is -2.42. The van der Waals surface area contributed by atoms with Crippen molar-refractivity contribution in [3.8, 4) is 0 Å². The first-order chi connectivity index (χ1) is 13.3. The highest BCUT2D eigenvalue weighted by atomic mass is 127. The molecule has 172 valence electrons. The summed E-state index contributed by atoms with van der Waals surface area (Å²) in [5.41, 5.74) is 0.223. The van der Waals surface area contributed by atoms with Gasteiger partial charge in [0.25, 0.3) is 0 Å². The van der Waals surface area contributed by atoms with Gasteiger partial charge in [0.1, 0.15) is 0 Å². The summed E-state index contributed by atoms with van der Waals surface area (Å²) in [6, 6.07) is 0. The predicted molar refractivity (Wildman–Crippen MR) is 121 cm³/mol. The summed E-state index contributed by atoms with van der Waals surface area (Å²) in [7, 11) is 3.18. The van der Waals surface area contributed by atoms with Crippen LogP contribution in [0.4, 0.5) is 13.2 Å². The Balaban J connectivity index is 0.00000420. The molecular weight excluding hydrogens is 498 g/mol. The van der Waals surface area contributed by atoms with Gasteiger partial charge < -0.3 is 15.4 Å². The van der Waals surface area contributed by atoms with Gasteiger partial charge in [0, 0.05) is 51.7 Å². The number of likely N-dealkylation sites (N-methyl/N-ethyl adjacent to an activating group) is 1. The third kappa shape index (κ3) is 10.5. The summed E-state index contributed by atoms with van der Waals surface area (Å²) >= 11 is 0. The van der Waals surface area contributed by atoms with E-state index < -0.39 is 12.7 Å². The van der Waals surface area contributed by atoms with E-state index in [2.05, 4.69) is 20.5 Å². The summed E-state index contributed by atoms with van der Waals surface area (Å²) in [6.45, 7) is 5.30. The van der Waals surface area contributed by atoms with Crippen LogP contribution in [0.25, 0.3) is 0 Å². The molecule has 2 rings (SSSR count). The molecule has 0 aromatic heterocycles. The first kappa shape index (κ1) is 26.7. The minimum Gasteiger partial charge on any atom is -0.379 e. The van der Waals surface area contributed by atoms with E-state index in [9.17, 15) is 13.2 Å². The molecule has 0 radical (unpaired) electrons. The average Bonchev–Trinajstić information content (AvgIpc) is 2.64. The van der Waals surface area contributed by atoms with Crippen molar-refractivity contribution >= 4 is 29.9 Å². The van der Waals surface area contributed by atoms with Gasteiger partial charge in [-0.05, 0) is 19.9 Å². The van der Waals surface area contributed by atoms with Crippen molar-refractivity contribution in [3.05, 3.63) is 0 Å². The van der Waals surface area contributed by atoms with Crippen molar-refractivity contribution < 1.29 is 17.9 Å². The Hall–Kier alpha value is -0.330. The molecule has 1 saturated carbocycles. The van der Waals surface area contributed by atoms with Crippen molar-refractivity contribution in [1.29, 1.82) is 0 Å². The fourth-order valence-corrected chi connectivity index (χ4v) is 4.17. The Bertz CT molecular complexity index is 481. The van der Waals surface area contributed by atoms with Gasteiger partial charge in [0.05, 0.1) is 19.8 Å². The van der Waals surface area contributed by atoms with Crippen LogP contribution in [0.2, 0.25) is 0 Å². The zero-order chi connectivity index (χ0) is 20.5. The van der Waals surface area contributed by atoms with E-state index in [0.29, 0.717) is 19.0 Å². The maximum atomic E-state index is 12.4. The van der Waals surface area contributed by atoms with Gasteiger partial charge >= 0.3 is 6.18 Å². The second-order valence-electron chi connectivity index (χ2n) is 8.15. The number of ether oxygens (including phenoxy) is 1. The first-order valence-electron chi connectivity index (χ1n) is 10.3. The second-order valence-corrected chi connectivity index (χ2v) is 8.15. The third-order valence-corrected chi connectivity index (χ3v) is 5.67. The van der Waals surface area contributed by atoms with Crippen LogP contribution < -0.4 is 10.6 Å². The molecule has 1 aliphatic heterocycles. The number of rotatable bonds is 8. The molecule has 0 unspecified atom stereocenters. The number of hydrogen-bond acceptors (Lipinski definition) is 4. The number of halogens is 4. The lowest BCUT2D eigenvalue weighted by molar-refractivity contribution is -0.142. The van der Waals surface area contributed by atoms with Crippen LogP contribution in [0.5, 0.6) is 0 Å². The fourth-order valence-electron chi connectivity index (χ4n) is 4.17. The van der Waals surface area contributed by atoms with Crippen molar-refractivity contribution in [1.82, 2.24) is 20.4 Å². The summed E-state index contributed by atoms with van der Waals surface area (Å²) in [5, 5.41) is 6.57. The lowest BCUT2D eigenvalue weighted by atomic mass is 9.73. The minimum atomic E-state index is -4.17. The van der Waals surface area contributed by atoms with Crippen LogP contribution in [-0.2, 0) is 4.74 Å². The molecule has 2 aliphatic rings. The Morgan fingerprint density at radius 1 is 1.14 bits per heavy atom. The molecule has 1 heterocycles. The molecule has 2 N–H and O–H groups in total. The fraction of sp³-hybridized carbons (Fsp3) is 0.947. The molecule has 0 aromatic carbocycles. The normalized spacial score (nSPS) is 21.0. The van der Waals surface area contributed by atoms with Gasteiger partial charge in [-0.3, -0.25) is 14.8 Å². The quantitative estimate of drug-likeness (QED) is 0.285. The van der Waals surface area contributed by atoms with Gasteiger partial charge in [0.2, 0.25) is 0 Å². The molecule has 0 aromatic rings. The summed E-state index contributed by atoms with van der Waals surface area (Å²) in [6.07, 6.45) is 2.02. The maximum absolute atomic E-state index is 12.4. The molecule has 1 aliphatic carbocycles. The molecule has 10 heteroatoms. The Morgan fingerprint density at radius 2 is 1.79 bits per heavy atom. The van der Waals surface area contributed by atoms with Crippen molar-refractivity contribution in [2.75, 3.05) is 73.1 Å². The minimum absolute atomic E-state index is 0. The lowest BCUT2D eigenvalue weighted by Crippen LogP contribution is -2.51. The van der Waals surface area contributed by atoms with Gasteiger partial charge in [-0.1, -0.05) is 19.3 Å². The van der Waals surface area contributed by atoms with E-state index in [-0.39, 0.29) is 29.4 Å². The Kier molecular flexibility index (Phi) is 12.1. The Labute approximate surface area is 190 Å². The molecule has 1 saturated heterocycles. The highest BCUT2D eigenvalue weighted by molar-refractivity contribution is 14.0. The largest absolute Gasteiger partial charge is 0.401 e. The highest BCUT2D eigenvalue weighted by Gasteiger charge is 2.34. The number of aliphatic imine (C=N–C) groups is 1. The van der Waals surface area contributed by atoms with Gasteiger partial charge in [0.15, 0.2) is 5.96 Å². The third-order valence-electron chi connectivity index (χ3n) is 5.67. The number of nitrogens with one attached hydrogen (secondary N) is 2. The van der Waals surface area contributed by atoms with E-state index in [4.69, 9.17) is 4.74 Å². The van der Waals surface area contributed by atoms with Gasteiger partial charge in [-0.15, -0.1) is 24.0 Å². The average molecular weight is 535 g/mol. The highest BCUT2D eigenvalue weighted by Crippen LogP contribution is 2.36. The Morgan fingerprint density at radius 3 is 2.38 bits per heavy atom. The molecule has 0 bridgehead atoms. The van der Waals surface area contributed by atoms with Crippen molar-refractivity contribution in [3.63, 3.8) is 0 Å². The van der Waals surface area contributed by atoms with E-state index >= 15 is 0 Å². The number of hydrogen-bond donors (Lipinski definition) is 2.